The summed E-state index contributed by atoms with van der Waals surface area (Å²) in [6, 6.07) is 14.7. The van der Waals surface area contributed by atoms with E-state index in [9.17, 15) is 9.59 Å². The molecule has 2 N–H and O–H groups in total. The number of aryl methyl sites for hydroxylation is 1. The summed E-state index contributed by atoms with van der Waals surface area (Å²) in [7, 11) is 1.80. The summed E-state index contributed by atoms with van der Waals surface area (Å²) >= 11 is 0. The maximum absolute atomic E-state index is 12.6. The van der Waals surface area contributed by atoms with Crippen LogP contribution in [0, 0.1) is 0 Å². The van der Waals surface area contributed by atoms with Crippen molar-refractivity contribution in [3.63, 3.8) is 0 Å². The quantitative estimate of drug-likeness (QED) is 0.604. The Morgan fingerprint density at radius 3 is 2.76 bits per heavy atom. The van der Waals surface area contributed by atoms with Gasteiger partial charge in [0.25, 0.3) is 11.5 Å². The zero-order valence-corrected chi connectivity index (χ0v) is 13.6. The molecule has 0 fully saturated rings. The Hall–Kier alpha value is -3.41. The predicted octanol–water partition coefficient (Wildman–Crippen LogP) is 2.34. The number of pyridine rings is 2. The fraction of sp³-hybridized carbons (Fsp3) is 0.105. The monoisotopic (exact) mass is 332 g/mol. The van der Waals surface area contributed by atoms with Crippen LogP contribution in [0.4, 0.5) is 0 Å². The lowest BCUT2D eigenvalue weighted by Gasteiger charge is -2.07. The van der Waals surface area contributed by atoms with Crippen LogP contribution in [0.5, 0.6) is 0 Å². The van der Waals surface area contributed by atoms with Gasteiger partial charge in [-0.15, -0.1) is 0 Å². The van der Waals surface area contributed by atoms with E-state index in [2.05, 4.69) is 15.3 Å². The van der Waals surface area contributed by atoms with Gasteiger partial charge >= 0.3 is 0 Å². The molecule has 0 bridgehead atoms. The number of carbonyl (C=O) groups is 1. The van der Waals surface area contributed by atoms with Crippen LogP contribution < -0.4 is 10.9 Å². The summed E-state index contributed by atoms with van der Waals surface area (Å²) in [5.41, 5.74) is 2.52. The Bertz CT molecular complexity index is 1140. The average molecular weight is 332 g/mol. The van der Waals surface area contributed by atoms with E-state index >= 15 is 0 Å². The maximum atomic E-state index is 12.6. The molecule has 0 aliphatic rings. The molecule has 4 aromatic rings. The third-order valence-corrected chi connectivity index (χ3v) is 4.30. The number of hydrogen-bond acceptors (Lipinski definition) is 3. The minimum atomic E-state index is -0.243. The first-order chi connectivity index (χ1) is 12.1. The van der Waals surface area contributed by atoms with E-state index in [1.807, 2.05) is 42.5 Å². The third kappa shape index (κ3) is 2.57. The number of aromatic nitrogens is 3. The van der Waals surface area contributed by atoms with Crippen molar-refractivity contribution in [2.24, 2.45) is 7.05 Å². The number of H-pyrrole nitrogens is 1. The van der Waals surface area contributed by atoms with E-state index in [1.165, 1.54) is 0 Å². The van der Waals surface area contributed by atoms with Crippen LogP contribution in [0.3, 0.4) is 0 Å². The van der Waals surface area contributed by atoms with E-state index in [1.54, 1.807) is 23.9 Å². The number of hydrogen-bond donors (Lipinski definition) is 2. The molecular weight excluding hydrogens is 316 g/mol. The molecule has 25 heavy (non-hydrogen) atoms. The molecule has 0 unspecified atom stereocenters. The van der Waals surface area contributed by atoms with Crippen LogP contribution in [0.15, 0.2) is 59.5 Å². The molecule has 0 aliphatic heterocycles. The molecule has 124 valence electrons. The lowest BCUT2D eigenvalue weighted by Crippen LogP contribution is -2.25. The molecule has 1 aromatic carbocycles. The SMILES string of the molecule is Cn1c(C(=O)NCc2ccccn2)cc2c(=O)[nH]c3ccccc3c21. The van der Waals surface area contributed by atoms with Gasteiger partial charge in [0, 0.05) is 18.6 Å². The van der Waals surface area contributed by atoms with Gasteiger partial charge in [0.1, 0.15) is 5.69 Å². The number of nitrogens with one attached hydrogen (secondary N) is 2. The second-order valence-corrected chi connectivity index (χ2v) is 5.85. The smallest absolute Gasteiger partial charge is 0.268 e. The number of nitrogens with zero attached hydrogens (tertiary/aromatic N) is 2. The summed E-state index contributed by atoms with van der Waals surface area (Å²) < 4.78 is 1.76. The van der Waals surface area contributed by atoms with Gasteiger partial charge < -0.3 is 14.9 Å². The first-order valence-corrected chi connectivity index (χ1v) is 7.93. The van der Waals surface area contributed by atoms with Crippen molar-refractivity contribution in [2.45, 2.75) is 6.54 Å². The summed E-state index contributed by atoms with van der Waals surface area (Å²) in [5.74, 6) is -0.243. The molecule has 0 atom stereocenters. The molecular formula is C19H16N4O2. The Labute approximate surface area is 143 Å². The highest BCUT2D eigenvalue weighted by atomic mass is 16.2. The van der Waals surface area contributed by atoms with Crippen molar-refractivity contribution in [1.29, 1.82) is 0 Å². The summed E-state index contributed by atoms with van der Waals surface area (Å²) in [4.78, 5) is 32.0. The fourth-order valence-electron chi connectivity index (χ4n) is 3.07. The molecule has 0 spiro atoms. The molecule has 0 radical (unpaired) electrons. The first kappa shape index (κ1) is 15.1. The zero-order valence-electron chi connectivity index (χ0n) is 13.6. The van der Waals surface area contributed by atoms with E-state index in [-0.39, 0.29) is 11.5 Å². The normalized spacial score (nSPS) is 11.1. The molecule has 0 saturated heterocycles. The van der Waals surface area contributed by atoms with E-state index in [0.717, 1.165) is 22.1 Å². The third-order valence-electron chi connectivity index (χ3n) is 4.30. The maximum Gasteiger partial charge on any atom is 0.268 e. The van der Waals surface area contributed by atoms with Crippen LogP contribution >= 0.6 is 0 Å². The van der Waals surface area contributed by atoms with Gasteiger partial charge in [-0.3, -0.25) is 14.6 Å². The summed E-state index contributed by atoms with van der Waals surface area (Å²) in [6.45, 7) is 0.332. The van der Waals surface area contributed by atoms with E-state index in [0.29, 0.717) is 17.6 Å². The molecule has 1 amide bonds. The van der Waals surface area contributed by atoms with Gasteiger partial charge in [-0.25, -0.2) is 0 Å². The van der Waals surface area contributed by atoms with Crippen molar-refractivity contribution < 1.29 is 4.79 Å². The van der Waals surface area contributed by atoms with E-state index in [4.69, 9.17) is 0 Å². The predicted molar refractivity (Wildman–Crippen MR) is 96.5 cm³/mol. The van der Waals surface area contributed by atoms with Gasteiger partial charge in [0.2, 0.25) is 0 Å². The van der Waals surface area contributed by atoms with Crippen LogP contribution in [0.25, 0.3) is 21.8 Å². The van der Waals surface area contributed by atoms with Crippen LogP contribution in [0.2, 0.25) is 0 Å². The van der Waals surface area contributed by atoms with Crippen LogP contribution in [-0.4, -0.2) is 20.4 Å². The molecule has 0 aliphatic carbocycles. The number of benzene rings is 1. The van der Waals surface area contributed by atoms with Gasteiger partial charge in [-0.2, -0.15) is 0 Å². The molecule has 4 rings (SSSR count). The van der Waals surface area contributed by atoms with Gasteiger partial charge in [-0.1, -0.05) is 24.3 Å². The molecule has 3 aromatic heterocycles. The summed E-state index contributed by atoms with van der Waals surface area (Å²) in [6.07, 6.45) is 1.68. The van der Waals surface area contributed by atoms with Crippen molar-refractivity contribution in [1.82, 2.24) is 19.9 Å². The van der Waals surface area contributed by atoms with Crippen molar-refractivity contribution in [2.75, 3.05) is 0 Å². The number of rotatable bonds is 3. The fourth-order valence-corrected chi connectivity index (χ4v) is 3.07. The standard InChI is InChI=1S/C19H16N4O2/c1-23-16(19(25)21-11-12-6-4-5-9-20-12)10-14-17(23)13-7-2-3-8-15(13)22-18(14)24/h2-10H,11H2,1H3,(H,21,25)(H,22,24). The van der Waals surface area contributed by atoms with Crippen molar-refractivity contribution >= 4 is 27.7 Å². The number of aromatic amines is 1. The molecule has 6 nitrogen and oxygen atoms in total. The Morgan fingerprint density at radius 1 is 1.16 bits per heavy atom. The van der Waals surface area contributed by atoms with Crippen LogP contribution in [0.1, 0.15) is 16.2 Å². The molecule has 6 heteroatoms. The lowest BCUT2D eigenvalue weighted by molar-refractivity contribution is 0.0942. The molecule has 0 saturated carbocycles. The Balaban J connectivity index is 1.76. The van der Waals surface area contributed by atoms with Gasteiger partial charge in [0.15, 0.2) is 0 Å². The van der Waals surface area contributed by atoms with Gasteiger partial charge in [-0.05, 0) is 24.3 Å². The van der Waals surface area contributed by atoms with E-state index < -0.39 is 0 Å². The van der Waals surface area contributed by atoms with Crippen molar-refractivity contribution in [3.8, 4) is 0 Å². The Kier molecular flexibility index (Phi) is 3.57. The van der Waals surface area contributed by atoms with Gasteiger partial charge in [0.05, 0.1) is 28.7 Å². The highest BCUT2D eigenvalue weighted by Gasteiger charge is 2.17. The minimum Gasteiger partial charge on any atom is -0.345 e. The first-order valence-electron chi connectivity index (χ1n) is 7.93. The number of fused-ring (bicyclic) bond motifs is 3. The second kappa shape index (κ2) is 5.90. The Morgan fingerprint density at radius 2 is 1.96 bits per heavy atom. The van der Waals surface area contributed by atoms with Crippen LogP contribution in [-0.2, 0) is 13.6 Å². The highest BCUT2D eigenvalue weighted by molar-refractivity contribution is 6.07. The summed E-state index contributed by atoms with van der Waals surface area (Å²) in [5, 5.41) is 4.26. The highest BCUT2D eigenvalue weighted by Crippen LogP contribution is 2.23. The lowest BCUT2D eigenvalue weighted by atomic mass is 10.1. The average Bonchev–Trinajstić information content (AvgIpc) is 2.99. The number of para-hydroxylation sites is 1. The zero-order chi connectivity index (χ0) is 17.4. The van der Waals surface area contributed by atoms with Crippen molar-refractivity contribution in [3.05, 3.63) is 76.5 Å². The molecule has 3 heterocycles. The topological polar surface area (TPSA) is 79.8 Å². The second-order valence-electron chi connectivity index (χ2n) is 5.85. The largest absolute Gasteiger partial charge is 0.345 e. The number of carbonyl (C=O) groups excluding carboxylic acids is 1. The number of amides is 1. The minimum absolute atomic E-state index is 0.201.